The smallest absolute Gasteiger partial charge is 0.263 e. The van der Waals surface area contributed by atoms with Gasteiger partial charge in [0.15, 0.2) is 0 Å². The van der Waals surface area contributed by atoms with Gasteiger partial charge in [-0.3, -0.25) is 4.72 Å². The van der Waals surface area contributed by atoms with E-state index < -0.39 is 10.0 Å². The van der Waals surface area contributed by atoms with E-state index in [1.807, 2.05) is 6.07 Å². The summed E-state index contributed by atoms with van der Waals surface area (Å²) in [7, 11) is -3.92. The van der Waals surface area contributed by atoms with Gasteiger partial charge in [-0.25, -0.2) is 8.42 Å². The minimum absolute atomic E-state index is 0.0238. The van der Waals surface area contributed by atoms with Gasteiger partial charge in [-0.15, -0.1) is 10.2 Å². The highest BCUT2D eigenvalue weighted by molar-refractivity contribution is 7.92. The van der Waals surface area contributed by atoms with Crippen molar-refractivity contribution < 1.29 is 13.5 Å². The molecule has 0 fully saturated rings. The third-order valence-electron chi connectivity index (χ3n) is 3.37. The summed E-state index contributed by atoms with van der Waals surface area (Å²) in [5.74, 6) is 0.100. The van der Waals surface area contributed by atoms with E-state index in [-0.39, 0.29) is 27.7 Å². The maximum absolute atomic E-state index is 12.7. The van der Waals surface area contributed by atoms with Gasteiger partial charge in [0.1, 0.15) is 22.3 Å². The van der Waals surface area contributed by atoms with Gasteiger partial charge in [-0.2, -0.15) is 10.5 Å². The number of nitrogens with one attached hydrogen (secondary N) is 3. The summed E-state index contributed by atoms with van der Waals surface area (Å²) >= 11 is 0. The fraction of sp³-hybridized carbons (Fsp3) is 0. The quantitative estimate of drug-likeness (QED) is 0.370. The lowest BCUT2D eigenvalue weighted by molar-refractivity contribution is 0.475. The van der Waals surface area contributed by atoms with Crippen LogP contribution in [0, 0.1) is 11.3 Å². The Morgan fingerprint density at radius 1 is 1.19 bits per heavy atom. The van der Waals surface area contributed by atoms with Crippen LogP contribution in [0.25, 0.3) is 5.57 Å². The lowest BCUT2D eigenvalue weighted by Gasteiger charge is -2.12. The number of nitriles is 1. The number of H-pyrrole nitrogens is 1. The predicted molar refractivity (Wildman–Crippen MR) is 96.7 cm³/mol. The highest BCUT2D eigenvalue weighted by atomic mass is 32.2. The third kappa shape index (κ3) is 4.20. The number of nitrogens with zero attached hydrogens (tertiary/aromatic N) is 4. The van der Waals surface area contributed by atoms with Crippen LogP contribution in [0.1, 0.15) is 5.82 Å². The Morgan fingerprint density at radius 3 is 2.59 bits per heavy atom. The van der Waals surface area contributed by atoms with Crippen LogP contribution in [0.5, 0.6) is 5.75 Å². The summed E-state index contributed by atoms with van der Waals surface area (Å²) in [5.41, 5.74) is 0.616. The number of sulfonamides is 1. The van der Waals surface area contributed by atoms with Crippen LogP contribution < -0.4 is 10.0 Å². The molecule has 136 valence electrons. The van der Waals surface area contributed by atoms with E-state index in [0.717, 1.165) is 0 Å². The maximum atomic E-state index is 12.7. The number of allylic oxidation sites excluding steroid dienone is 1. The van der Waals surface area contributed by atoms with Crippen molar-refractivity contribution in [2.45, 2.75) is 4.90 Å². The van der Waals surface area contributed by atoms with E-state index in [1.165, 1.54) is 36.5 Å². The molecule has 1 heterocycles. The van der Waals surface area contributed by atoms with E-state index in [2.05, 4.69) is 30.7 Å². The second-order valence-corrected chi connectivity index (χ2v) is 6.85. The second kappa shape index (κ2) is 7.54. The normalized spacial score (nSPS) is 11.6. The number of aromatic amines is 1. The summed E-state index contributed by atoms with van der Waals surface area (Å²) in [6.45, 7) is 0. The van der Waals surface area contributed by atoms with Crippen LogP contribution in [0.4, 0.5) is 11.4 Å². The molecule has 2 aromatic carbocycles. The van der Waals surface area contributed by atoms with Gasteiger partial charge in [-0.05, 0) is 41.6 Å². The number of phenolic OH excluding ortho intramolecular Hbond substituents is 1. The first-order chi connectivity index (χ1) is 13.0. The molecule has 11 heteroatoms. The molecule has 3 rings (SSSR count). The molecule has 0 aliphatic carbocycles. The van der Waals surface area contributed by atoms with E-state index in [9.17, 15) is 18.8 Å². The van der Waals surface area contributed by atoms with Gasteiger partial charge in [0.05, 0.1) is 5.69 Å². The van der Waals surface area contributed by atoms with Crippen LogP contribution in [0.3, 0.4) is 0 Å². The zero-order chi connectivity index (χ0) is 19.3. The lowest BCUT2D eigenvalue weighted by Crippen LogP contribution is -2.14. The Labute approximate surface area is 154 Å². The minimum atomic E-state index is -3.92. The van der Waals surface area contributed by atoms with Crippen LogP contribution in [0.2, 0.25) is 0 Å². The largest absolute Gasteiger partial charge is 0.508 e. The summed E-state index contributed by atoms with van der Waals surface area (Å²) in [5, 5.41) is 34.3. The molecule has 0 atom stereocenters. The van der Waals surface area contributed by atoms with E-state index >= 15 is 0 Å². The Balaban J connectivity index is 1.89. The van der Waals surface area contributed by atoms with Crippen molar-refractivity contribution in [1.82, 2.24) is 20.6 Å². The Bertz CT molecular complexity index is 1100. The van der Waals surface area contributed by atoms with Gasteiger partial charge in [0.25, 0.3) is 10.0 Å². The number of aromatic nitrogens is 4. The molecule has 0 radical (unpaired) electrons. The van der Waals surface area contributed by atoms with Crippen molar-refractivity contribution in [3.63, 3.8) is 0 Å². The Kier molecular flexibility index (Phi) is 5.00. The number of benzene rings is 2. The molecule has 27 heavy (non-hydrogen) atoms. The molecule has 1 aromatic heterocycles. The molecule has 0 amide bonds. The van der Waals surface area contributed by atoms with Gasteiger partial charge in [-0.1, -0.05) is 12.1 Å². The number of hydrogen-bond donors (Lipinski definition) is 4. The topological polar surface area (TPSA) is 157 Å². The molecular weight excluding hydrogens is 370 g/mol. The number of hydrogen-bond acceptors (Lipinski definition) is 8. The Hall–Kier alpha value is -3.91. The highest BCUT2D eigenvalue weighted by Crippen LogP contribution is 2.25. The van der Waals surface area contributed by atoms with Crippen LogP contribution in [0.15, 0.2) is 59.6 Å². The predicted octanol–water partition coefficient (Wildman–Crippen LogP) is 1.68. The molecule has 0 bridgehead atoms. The minimum Gasteiger partial charge on any atom is -0.508 e. The summed E-state index contributed by atoms with van der Waals surface area (Å²) in [6.07, 6.45) is 1.29. The standard InChI is InChI=1S/C16H13N7O3S/c17-9-11(16-19-22-23-20-16)10-18-14-3-1-2-4-15(14)27(25,26)21-12-5-7-13(24)8-6-12/h1-8,10,18,21,24H,(H,19,20,22,23). The molecule has 0 spiro atoms. The average Bonchev–Trinajstić information content (AvgIpc) is 3.19. The highest BCUT2D eigenvalue weighted by Gasteiger charge is 2.18. The number of tetrazole rings is 1. The van der Waals surface area contributed by atoms with Crippen LogP contribution in [-0.2, 0) is 10.0 Å². The first-order valence-electron chi connectivity index (χ1n) is 7.51. The average molecular weight is 383 g/mol. The first-order valence-corrected chi connectivity index (χ1v) is 8.99. The molecule has 0 saturated carbocycles. The maximum Gasteiger partial charge on any atom is 0.263 e. The molecule has 4 N–H and O–H groups in total. The Morgan fingerprint density at radius 2 is 1.93 bits per heavy atom. The third-order valence-corrected chi connectivity index (χ3v) is 4.81. The second-order valence-electron chi connectivity index (χ2n) is 5.20. The zero-order valence-electron chi connectivity index (χ0n) is 13.7. The summed E-state index contributed by atoms with van der Waals surface area (Å²) < 4.78 is 27.8. The van der Waals surface area contributed by atoms with Crippen molar-refractivity contribution in [3.05, 3.63) is 60.6 Å². The van der Waals surface area contributed by atoms with Gasteiger partial charge < -0.3 is 10.4 Å². The summed E-state index contributed by atoms with van der Waals surface area (Å²) in [4.78, 5) is -0.0280. The molecular formula is C16H13N7O3S. The molecule has 0 saturated heterocycles. The van der Waals surface area contributed by atoms with Gasteiger partial charge in [0.2, 0.25) is 5.82 Å². The number of anilines is 2. The SMILES string of the molecule is N#CC(=CNc1ccccc1S(=O)(=O)Nc1ccc(O)cc1)c1nn[nH]n1. The fourth-order valence-corrected chi connectivity index (χ4v) is 3.36. The molecule has 3 aromatic rings. The number of para-hydroxylation sites is 1. The van der Waals surface area contributed by atoms with Crippen molar-refractivity contribution in [3.8, 4) is 11.8 Å². The molecule has 0 aliphatic heterocycles. The number of aromatic hydroxyl groups is 1. The molecule has 0 unspecified atom stereocenters. The first kappa shape index (κ1) is 17.9. The number of rotatable bonds is 6. The van der Waals surface area contributed by atoms with Gasteiger partial charge >= 0.3 is 0 Å². The van der Waals surface area contributed by atoms with E-state index in [0.29, 0.717) is 5.69 Å². The van der Waals surface area contributed by atoms with Crippen molar-refractivity contribution >= 4 is 27.0 Å². The van der Waals surface area contributed by atoms with Crippen LogP contribution >= 0.6 is 0 Å². The van der Waals surface area contributed by atoms with Crippen LogP contribution in [-0.4, -0.2) is 34.1 Å². The summed E-state index contributed by atoms with van der Waals surface area (Å²) in [6, 6.07) is 13.7. The zero-order valence-corrected chi connectivity index (χ0v) is 14.5. The van der Waals surface area contributed by atoms with Crippen molar-refractivity contribution in [1.29, 1.82) is 5.26 Å². The number of phenols is 1. The van der Waals surface area contributed by atoms with Crippen molar-refractivity contribution in [2.24, 2.45) is 0 Å². The lowest BCUT2D eigenvalue weighted by atomic mass is 10.3. The van der Waals surface area contributed by atoms with Crippen molar-refractivity contribution in [2.75, 3.05) is 10.0 Å². The van der Waals surface area contributed by atoms with E-state index in [1.54, 1.807) is 18.2 Å². The van der Waals surface area contributed by atoms with E-state index in [4.69, 9.17) is 0 Å². The molecule has 0 aliphatic rings. The fourth-order valence-electron chi connectivity index (χ4n) is 2.13. The molecule has 10 nitrogen and oxygen atoms in total. The van der Waals surface area contributed by atoms with Gasteiger partial charge in [0, 0.05) is 11.9 Å². The monoisotopic (exact) mass is 383 g/mol.